The zero-order valence-corrected chi connectivity index (χ0v) is 20.7. The van der Waals surface area contributed by atoms with Crippen molar-refractivity contribution in [2.75, 3.05) is 6.54 Å². The van der Waals surface area contributed by atoms with Gasteiger partial charge >= 0.3 is 6.03 Å². The van der Waals surface area contributed by atoms with E-state index >= 15 is 0 Å². The zero-order chi connectivity index (χ0) is 24.5. The first-order chi connectivity index (χ1) is 16.1. The van der Waals surface area contributed by atoms with Crippen LogP contribution in [0.4, 0.5) is 4.79 Å². The minimum atomic E-state index is -0.881. The number of hydrogen-bond donors (Lipinski definition) is 2. The summed E-state index contributed by atoms with van der Waals surface area (Å²) in [5.74, 6) is -0.179. The number of halogens is 1. The normalized spacial score (nSPS) is 23.6. The minimum Gasteiger partial charge on any atom is -0.344 e. The third-order valence-electron chi connectivity index (χ3n) is 7.25. The van der Waals surface area contributed by atoms with Gasteiger partial charge < -0.3 is 10.6 Å². The Morgan fingerprint density at radius 2 is 1.65 bits per heavy atom. The molecular formula is C27H32ClN3O3. The van der Waals surface area contributed by atoms with Crippen molar-refractivity contribution in [3.8, 4) is 0 Å². The van der Waals surface area contributed by atoms with Crippen molar-refractivity contribution >= 4 is 29.4 Å². The molecule has 34 heavy (non-hydrogen) atoms. The SMILES string of the molecule is CC(C)(C)C1CCC2(CC1)NC(=O)N(CC(=O)NC(c1ccccc1)c1ccc(Cl)cc1)C2=O. The second kappa shape index (κ2) is 9.41. The lowest BCUT2D eigenvalue weighted by Crippen LogP contribution is -2.51. The highest BCUT2D eigenvalue weighted by Gasteiger charge is 2.53. The van der Waals surface area contributed by atoms with Crippen LogP contribution < -0.4 is 10.6 Å². The molecule has 0 radical (unpaired) electrons. The number of urea groups is 1. The van der Waals surface area contributed by atoms with Gasteiger partial charge in [0, 0.05) is 5.02 Å². The lowest BCUT2D eigenvalue weighted by molar-refractivity contribution is -0.136. The maximum absolute atomic E-state index is 13.3. The molecule has 2 aromatic rings. The maximum Gasteiger partial charge on any atom is 0.325 e. The van der Waals surface area contributed by atoms with Crippen LogP contribution in [-0.2, 0) is 9.59 Å². The van der Waals surface area contributed by atoms with Crippen LogP contribution in [0.3, 0.4) is 0 Å². The number of imide groups is 1. The summed E-state index contributed by atoms with van der Waals surface area (Å²) in [4.78, 5) is 40.2. The molecule has 4 amide bonds. The molecule has 4 rings (SSSR count). The van der Waals surface area contributed by atoms with Crippen molar-refractivity contribution in [3.63, 3.8) is 0 Å². The highest BCUT2D eigenvalue weighted by atomic mass is 35.5. The Labute approximate surface area is 206 Å². The molecule has 1 spiro atoms. The van der Waals surface area contributed by atoms with Gasteiger partial charge in [-0.3, -0.25) is 14.5 Å². The molecule has 2 aromatic carbocycles. The van der Waals surface area contributed by atoms with Gasteiger partial charge in [0.25, 0.3) is 5.91 Å². The van der Waals surface area contributed by atoms with Crippen LogP contribution in [0, 0.1) is 11.3 Å². The van der Waals surface area contributed by atoms with E-state index in [1.165, 1.54) is 0 Å². The molecule has 1 aliphatic carbocycles. The fourth-order valence-electron chi connectivity index (χ4n) is 5.15. The molecule has 1 aliphatic heterocycles. The quantitative estimate of drug-likeness (QED) is 0.585. The largest absolute Gasteiger partial charge is 0.344 e. The Morgan fingerprint density at radius 3 is 2.24 bits per heavy atom. The Kier molecular flexibility index (Phi) is 6.72. The minimum absolute atomic E-state index is 0.168. The van der Waals surface area contributed by atoms with Gasteiger partial charge in [0.1, 0.15) is 12.1 Å². The molecular weight excluding hydrogens is 450 g/mol. The number of hydrogen-bond acceptors (Lipinski definition) is 3. The first-order valence-corrected chi connectivity index (χ1v) is 12.2. The Bertz CT molecular complexity index is 1050. The molecule has 2 fully saturated rings. The molecule has 2 aliphatic rings. The van der Waals surface area contributed by atoms with E-state index in [1.54, 1.807) is 12.1 Å². The third-order valence-corrected chi connectivity index (χ3v) is 7.51. The lowest BCUT2D eigenvalue weighted by atomic mass is 9.67. The molecule has 1 saturated heterocycles. The molecule has 1 heterocycles. The monoisotopic (exact) mass is 481 g/mol. The fraction of sp³-hybridized carbons (Fsp3) is 0.444. The van der Waals surface area contributed by atoms with Gasteiger partial charge in [0.2, 0.25) is 5.91 Å². The van der Waals surface area contributed by atoms with Gasteiger partial charge in [0.15, 0.2) is 0 Å². The predicted octanol–water partition coefficient (Wildman–Crippen LogP) is 5.07. The molecule has 7 heteroatoms. The molecule has 180 valence electrons. The number of benzene rings is 2. The van der Waals surface area contributed by atoms with Gasteiger partial charge in [-0.1, -0.05) is 74.8 Å². The van der Waals surface area contributed by atoms with Crippen molar-refractivity contribution in [1.82, 2.24) is 15.5 Å². The van der Waals surface area contributed by atoms with E-state index < -0.39 is 23.5 Å². The molecule has 2 N–H and O–H groups in total. The smallest absolute Gasteiger partial charge is 0.325 e. The summed E-state index contributed by atoms with van der Waals surface area (Å²) in [7, 11) is 0. The number of nitrogens with zero attached hydrogens (tertiary/aromatic N) is 1. The first kappa shape index (κ1) is 24.3. The summed E-state index contributed by atoms with van der Waals surface area (Å²) in [6, 6.07) is 15.9. The van der Waals surface area contributed by atoms with Crippen LogP contribution in [0.1, 0.15) is 63.6 Å². The van der Waals surface area contributed by atoms with Crippen molar-refractivity contribution in [3.05, 3.63) is 70.7 Å². The lowest BCUT2D eigenvalue weighted by Gasteiger charge is -2.40. The first-order valence-electron chi connectivity index (χ1n) is 11.8. The fourth-order valence-corrected chi connectivity index (χ4v) is 5.27. The van der Waals surface area contributed by atoms with E-state index in [0.29, 0.717) is 23.8 Å². The Balaban J connectivity index is 1.47. The average Bonchev–Trinajstić information content (AvgIpc) is 3.02. The van der Waals surface area contributed by atoms with E-state index in [-0.39, 0.29) is 17.9 Å². The second-order valence-corrected chi connectivity index (χ2v) is 10.9. The standard InChI is InChI=1S/C27H32ClN3O3/c1-26(2,3)20-13-15-27(16-14-20)24(33)31(25(34)30-27)17-22(32)29-23(18-7-5-4-6-8-18)19-9-11-21(28)12-10-19/h4-12,20,23H,13-17H2,1-3H3,(H,29,32)(H,30,34). The zero-order valence-electron chi connectivity index (χ0n) is 19.9. The summed E-state index contributed by atoms with van der Waals surface area (Å²) in [5.41, 5.74) is 1.04. The summed E-state index contributed by atoms with van der Waals surface area (Å²) < 4.78 is 0. The molecule has 1 atom stereocenters. The molecule has 0 bridgehead atoms. The van der Waals surface area contributed by atoms with Crippen molar-refractivity contribution in [1.29, 1.82) is 0 Å². The van der Waals surface area contributed by atoms with E-state index in [9.17, 15) is 14.4 Å². The summed E-state index contributed by atoms with van der Waals surface area (Å²) in [6.07, 6.45) is 2.97. The van der Waals surface area contributed by atoms with Crippen molar-refractivity contribution in [2.24, 2.45) is 11.3 Å². The van der Waals surface area contributed by atoms with Crippen LogP contribution >= 0.6 is 11.6 Å². The van der Waals surface area contributed by atoms with E-state index in [0.717, 1.165) is 28.9 Å². The van der Waals surface area contributed by atoms with Crippen LogP contribution in [0.15, 0.2) is 54.6 Å². The van der Waals surface area contributed by atoms with E-state index in [1.807, 2.05) is 42.5 Å². The number of rotatable bonds is 5. The Morgan fingerprint density at radius 1 is 1.06 bits per heavy atom. The van der Waals surface area contributed by atoms with Gasteiger partial charge in [-0.2, -0.15) is 0 Å². The van der Waals surface area contributed by atoms with Crippen molar-refractivity contribution in [2.45, 2.75) is 58.0 Å². The highest BCUT2D eigenvalue weighted by molar-refractivity contribution is 6.30. The number of carbonyl (C=O) groups excluding carboxylic acids is 3. The van der Waals surface area contributed by atoms with E-state index in [4.69, 9.17) is 11.6 Å². The molecule has 1 saturated carbocycles. The second-order valence-electron chi connectivity index (χ2n) is 10.5. The van der Waals surface area contributed by atoms with Crippen molar-refractivity contribution < 1.29 is 14.4 Å². The Hall–Kier alpha value is -2.86. The predicted molar refractivity (Wildman–Crippen MR) is 132 cm³/mol. The maximum atomic E-state index is 13.3. The van der Waals surface area contributed by atoms with Gasteiger partial charge in [-0.15, -0.1) is 0 Å². The highest BCUT2D eigenvalue weighted by Crippen LogP contribution is 2.43. The molecule has 6 nitrogen and oxygen atoms in total. The van der Waals surface area contributed by atoms with Crippen LogP contribution in [0.25, 0.3) is 0 Å². The van der Waals surface area contributed by atoms with Crippen LogP contribution in [-0.4, -0.2) is 34.8 Å². The number of amides is 4. The number of nitrogens with one attached hydrogen (secondary N) is 2. The summed E-state index contributed by atoms with van der Waals surface area (Å²) in [5, 5.41) is 6.52. The summed E-state index contributed by atoms with van der Waals surface area (Å²) in [6.45, 7) is 6.33. The molecule has 0 aromatic heterocycles. The number of carbonyl (C=O) groups is 3. The summed E-state index contributed by atoms with van der Waals surface area (Å²) >= 11 is 6.04. The van der Waals surface area contributed by atoms with Gasteiger partial charge in [0.05, 0.1) is 6.04 Å². The van der Waals surface area contributed by atoms with Gasteiger partial charge in [-0.05, 0) is 60.3 Å². The van der Waals surface area contributed by atoms with Crippen LogP contribution in [0.5, 0.6) is 0 Å². The molecule has 1 unspecified atom stereocenters. The van der Waals surface area contributed by atoms with Crippen LogP contribution in [0.2, 0.25) is 5.02 Å². The van der Waals surface area contributed by atoms with Gasteiger partial charge in [-0.25, -0.2) is 4.79 Å². The van der Waals surface area contributed by atoms with E-state index in [2.05, 4.69) is 31.4 Å². The topological polar surface area (TPSA) is 78.5 Å². The third kappa shape index (κ3) is 4.97. The average molecular weight is 482 g/mol.